The van der Waals surface area contributed by atoms with Crippen molar-refractivity contribution in [3.05, 3.63) is 34.7 Å². The number of benzene rings is 1. The number of carbonyl (C=O) groups is 2. The van der Waals surface area contributed by atoms with Crippen LogP contribution in [0.1, 0.15) is 31.2 Å². The number of carbonyl (C=O) groups excluding carboxylic acids is 2. The monoisotopic (exact) mass is 472 g/mol. The highest BCUT2D eigenvalue weighted by Gasteiger charge is 2.31. The summed E-state index contributed by atoms with van der Waals surface area (Å²) in [5, 5.41) is 0. The summed E-state index contributed by atoms with van der Waals surface area (Å²) < 4.78 is 10.9. The summed E-state index contributed by atoms with van der Waals surface area (Å²) in [6.45, 7) is 1.72. The van der Waals surface area contributed by atoms with Crippen LogP contribution in [0.4, 0.5) is 0 Å². The molecule has 1 saturated heterocycles. The molecule has 9 heteroatoms. The fourth-order valence-electron chi connectivity index (χ4n) is 2.67. The van der Waals surface area contributed by atoms with Crippen LogP contribution in [0.2, 0.25) is 0 Å². The zero-order valence-corrected chi connectivity index (χ0v) is 20.0. The Morgan fingerprint density at radius 3 is 2.53 bits per heavy atom. The number of nitrogens with zero attached hydrogens (tertiary/aromatic N) is 2. The quantitative estimate of drug-likeness (QED) is 0.209. The molecular weight excluding hydrogens is 444 g/mol. The van der Waals surface area contributed by atoms with Gasteiger partial charge in [-0.3, -0.25) is 14.5 Å². The molecule has 0 bridgehead atoms. The van der Waals surface area contributed by atoms with Crippen molar-refractivity contribution >= 4 is 58.7 Å². The first-order valence-electron chi connectivity index (χ1n) is 9.60. The Bertz CT molecular complexity index is 754. The van der Waals surface area contributed by atoms with E-state index in [1.807, 2.05) is 49.3 Å². The molecule has 0 spiro atoms. The first-order valence-corrected chi connectivity index (χ1v) is 10.8. The van der Waals surface area contributed by atoms with Crippen molar-refractivity contribution in [3.63, 3.8) is 0 Å². The van der Waals surface area contributed by atoms with Gasteiger partial charge in [0.1, 0.15) is 16.7 Å². The van der Waals surface area contributed by atoms with E-state index < -0.39 is 0 Å². The van der Waals surface area contributed by atoms with Gasteiger partial charge < -0.3 is 14.4 Å². The zero-order chi connectivity index (χ0) is 21.2. The molecule has 1 aromatic carbocycles. The summed E-state index contributed by atoms with van der Waals surface area (Å²) in [6.07, 6.45) is 4.65. The van der Waals surface area contributed by atoms with Crippen molar-refractivity contribution in [2.45, 2.75) is 25.7 Å². The molecule has 0 unspecified atom stereocenters. The van der Waals surface area contributed by atoms with Gasteiger partial charge in [0.2, 0.25) is 0 Å². The van der Waals surface area contributed by atoms with Crippen molar-refractivity contribution in [2.75, 3.05) is 40.9 Å². The maximum Gasteiger partial charge on any atom is 0.305 e. The molecule has 0 radical (unpaired) electrons. The van der Waals surface area contributed by atoms with Gasteiger partial charge in [0.15, 0.2) is 0 Å². The number of unbranched alkanes of at least 4 members (excludes halogenated alkanes) is 2. The lowest BCUT2D eigenvalue weighted by atomic mass is 10.2. The molecule has 0 saturated carbocycles. The van der Waals surface area contributed by atoms with E-state index in [9.17, 15) is 9.59 Å². The molecule has 6 nitrogen and oxygen atoms in total. The van der Waals surface area contributed by atoms with Crippen molar-refractivity contribution in [1.29, 1.82) is 0 Å². The van der Waals surface area contributed by atoms with Crippen molar-refractivity contribution in [1.82, 2.24) is 9.80 Å². The molecule has 1 aliphatic heterocycles. The van der Waals surface area contributed by atoms with Crippen LogP contribution in [-0.2, 0) is 14.3 Å². The van der Waals surface area contributed by atoms with Crippen LogP contribution in [0.3, 0.4) is 0 Å². The number of amides is 1. The second-order valence-corrected chi connectivity index (χ2v) is 8.62. The highest BCUT2D eigenvalue weighted by molar-refractivity contribution is 8.26. The predicted molar refractivity (Wildman–Crippen MR) is 128 cm³/mol. The molecule has 1 aliphatic rings. The van der Waals surface area contributed by atoms with E-state index >= 15 is 0 Å². The fourth-order valence-corrected chi connectivity index (χ4v) is 3.98. The van der Waals surface area contributed by atoms with Gasteiger partial charge in [-0.1, -0.05) is 42.5 Å². The van der Waals surface area contributed by atoms with E-state index in [-0.39, 0.29) is 24.3 Å². The van der Waals surface area contributed by atoms with Crippen LogP contribution in [-0.4, -0.2) is 66.9 Å². The maximum atomic E-state index is 12.6. The van der Waals surface area contributed by atoms with E-state index in [2.05, 4.69) is 0 Å². The molecular formula is C21H29ClN2O4S2. The largest absolute Gasteiger partial charge is 0.497 e. The van der Waals surface area contributed by atoms with E-state index in [4.69, 9.17) is 21.7 Å². The second-order valence-electron chi connectivity index (χ2n) is 6.94. The third-order valence-electron chi connectivity index (χ3n) is 4.35. The minimum absolute atomic E-state index is 0. The number of likely N-dealkylation sites (N-methyl/N-ethyl adjacent to an activating group) is 1. The highest BCUT2D eigenvalue weighted by Crippen LogP contribution is 2.33. The Labute approximate surface area is 194 Å². The van der Waals surface area contributed by atoms with Crippen molar-refractivity contribution in [2.24, 2.45) is 0 Å². The number of halogens is 1. The number of rotatable bonds is 11. The van der Waals surface area contributed by atoms with Gasteiger partial charge in [0.05, 0.1) is 12.0 Å². The van der Waals surface area contributed by atoms with Gasteiger partial charge in [0.25, 0.3) is 5.91 Å². The number of esters is 1. The predicted octanol–water partition coefficient (Wildman–Crippen LogP) is 3.98. The third-order valence-corrected chi connectivity index (χ3v) is 5.73. The Balaban J connectivity index is 0.00000450. The van der Waals surface area contributed by atoms with Crippen LogP contribution in [0.25, 0.3) is 6.08 Å². The molecule has 0 aromatic heterocycles. The number of ether oxygens (including phenoxy) is 2. The normalized spacial score (nSPS) is 14.9. The van der Waals surface area contributed by atoms with Crippen molar-refractivity contribution < 1.29 is 19.1 Å². The molecule has 0 N–H and O–H groups in total. The van der Waals surface area contributed by atoms with E-state index in [0.29, 0.717) is 28.8 Å². The Hall–Kier alpha value is -1.61. The summed E-state index contributed by atoms with van der Waals surface area (Å²) in [5.41, 5.74) is 0.930. The van der Waals surface area contributed by atoms with Gasteiger partial charge in [-0.05, 0) is 50.7 Å². The van der Waals surface area contributed by atoms with Crippen LogP contribution >= 0.6 is 36.4 Å². The number of methoxy groups -OCH3 is 1. The average Bonchev–Trinajstić information content (AvgIpc) is 2.95. The summed E-state index contributed by atoms with van der Waals surface area (Å²) in [4.78, 5) is 28.5. The Morgan fingerprint density at radius 1 is 1.20 bits per heavy atom. The lowest BCUT2D eigenvalue weighted by Gasteiger charge is -2.14. The molecule has 0 aliphatic carbocycles. The van der Waals surface area contributed by atoms with E-state index in [0.717, 1.165) is 37.1 Å². The first kappa shape index (κ1) is 26.4. The number of thioether (sulfide) groups is 1. The van der Waals surface area contributed by atoms with Gasteiger partial charge in [-0.25, -0.2) is 0 Å². The van der Waals surface area contributed by atoms with Crippen LogP contribution in [0.5, 0.6) is 5.75 Å². The molecule has 1 amide bonds. The molecule has 166 valence electrons. The zero-order valence-electron chi connectivity index (χ0n) is 17.6. The summed E-state index contributed by atoms with van der Waals surface area (Å²) >= 11 is 6.69. The summed E-state index contributed by atoms with van der Waals surface area (Å²) in [7, 11) is 5.50. The Kier molecular flexibility index (Phi) is 12.0. The van der Waals surface area contributed by atoms with Gasteiger partial charge in [0, 0.05) is 19.5 Å². The number of hydrogen-bond donors (Lipinski definition) is 0. The standard InChI is InChI=1S/C21H28N2O4S2.ClH/c1-22(2)13-14-27-19(24)7-5-4-6-12-23-20(25)18(29-21(23)28)15-16-8-10-17(26-3)11-9-16;/h8-11,15H,4-7,12-14H2,1-3H3;1H/b18-15-;. The second kappa shape index (κ2) is 13.6. The van der Waals surface area contributed by atoms with Gasteiger partial charge in [-0.2, -0.15) is 0 Å². The first-order chi connectivity index (χ1) is 13.9. The molecule has 1 fully saturated rings. The molecule has 1 heterocycles. The van der Waals surface area contributed by atoms with E-state index in [1.165, 1.54) is 11.8 Å². The molecule has 1 aromatic rings. The maximum absolute atomic E-state index is 12.6. The lowest BCUT2D eigenvalue weighted by molar-refractivity contribution is -0.144. The summed E-state index contributed by atoms with van der Waals surface area (Å²) in [5.74, 6) is 0.551. The molecule has 0 atom stereocenters. The smallest absolute Gasteiger partial charge is 0.305 e. The average molecular weight is 473 g/mol. The molecule has 30 heavy (non-hydrogen) atoms. The van der Waals surface area contributed by atoms with Gasteiger partial charge >= 0.3 is 5.97 Å². The lowest BCUT2D eigenvalue weighted by Crippen LogP contribution is -2.29. The van der Waals surface area contributed by atoms with Crippen LogP contribution in [0, 0.1) is 0 Å². The highest BCUT2D eigenvalue weighted by atomic mass is 35.5. The van der Waals surface area contributed by atoms with Crippen LogP contribution < -0.4 is 4.74 Å². The Morgan fingerprint density at radius 2 is 1.90 bits per heavy atom. The SMILES string of the molecule is COc1ccc(/C=C2\SC(=S)N(CCCCCC(=O)OCCN(C)C)C2=O)cc1.Cl. The van der Waals surface area contributed by atoms with Crippen molar-refractivity contribution in [3.8, 4) is 5.75 Å². The minimum atomic E-state index is -0.167. The van der Waals surface area contributed by atoms with Crippen LogP contribution in [0.15, 0.2) is 29.2 Å². The third kappa shape index (κ3) is 8.63. The van der Waals surface area contributed by atoms with Gasteiger partial charge in [-0.15, -0.1) is 12.4 Å². The minimum Gasteiger partial charge on any atom is -0.497 e. The van der Waals surface area contributed by atoms with E-state index in [1.54, 1.807) is 12.0 Å². The topological polar surface area (TPSA) is 59.1 Å². The number of thiocarbonyl (C=S) groups is 1. The fraction of sp³-hybridized carbons (Fsp3) is 0.476. The molecule has 2 rings (SSSR count). The summed E-state index contributed by atoms with van der Waals surface area (Å²) in [6, 6.07) is 7.53. The number of hydrogen-bond acceptors (Lipinski definition) is 7.